The first-order valence-corrected chi connectivity index (χ1v) is 8.79. The summed E-state index contributed by atoms with van der Waals surface area (Å²) in [5.74, 6) is -0.447. The fourth-order valence-electron chi connectivity index (χ4n) is 2.77. The highest BCUT2D eigenvalue weighted by molar-refractivity contribution is 6.01. The van der Waals surface area contributed by atoms with Gasteiger partial charge in [-0.3, -0.25) is 9.59 Å². The third-order valence-corrected chi connectivity index (χ3v) is 4.09. The van der Waals surface area contributed by atoms with Crippen molar-refractivity contribution >= 4 is 34.6 Å². The lowest BCUT2D eigenvalue weighted by Gasteiger charge is -2.11. The van der Waals surface area contributed by atoms with Crippen molar-refractivity contribution in [1.29, 1.82) is 0 Å². The zero-order valence-electron chi connectivity index (χ0n) is 15.3. The van der Waals surface area contributed by atoms with Crippen LogP contribution in [0.15, 0.2) is 60.7 Å². The molecule has 28 heavy (non-hydrogen) atoms. The summed E-state index contributed by atoms with van der Waals surface area (Å²) in [5, 5.41) is 4.37. The van der Waals surface area contributed by atoms with Crippen molar-refractivity contribution in [2.24, 2.45) is 0 Å². The Morgan fingerprint density at radius 2 is 1.75 bits per heavy atom. The van der Waals surface area contributed by atoms with Crippen molar-refractivity contribution in [3.05, 3.63) is 71.8 Å². The molecular formula is C22H19NO5. The molecule has 0 spiro atoms. The van der Waals surface area contributed by atoms with Gasteiger partial charge in [0.05, 0.1) is 17.7 Å². The van der Waals surface area contributed by atoms with Gasteiger partial charge < -0.3 is 14.8 Å². The van der Waals surface area contributed by atoms with E-state index in [1.165, 1.54) is 0 Å². The first-order valence-electron chi connectivity index (χ1n) is 8.79. The molecular weight excluding hydrogens is 358 g/mol. The lowest BCUT2D eigenvalue weighted by atomic mass is 10.0. The third kappa shape index (κ3) is 4.35. The Labute approximate surface area is 162 Å². The lowest BCUT2D eigenvalue weighted by molar-refractivity contribution is -0.118. The molecule has 0 radical (unpaired) electrons. The van der Waals surface area contributed by atoms with Gasteiger partial charge in [-0.15, -0.1) is 0 Å². The lowest BCUT2D eigenvalue weighted by Crippen LogP contribution is -2.20. The second-order valence-electron chi connectivity index (χ2n) is 5.95. The summed E-state index contributed by atoms with van der Waals surface area (Å²) in [6, 6.07) is 17.3. The van der Waals surface area contributed by atoms with E-state index in [2.05, 4.69) is 5.32 Å². The minimum absolute atomic E-state index is 0.251. The SMILES string of the molecule is CCOC(=O)c1ccc(NC(=O)COc2ccc3ccccc3c2C=O)cc1. The van der Waals surface area contributed by atoms with Gasteiger partial charge in [-0.05, 0) is 48.0 Å². The standard InChI is InChI=1S/C22H19NO5/c1-2-27-22(26)16-7-10-17(11-8-16)23-21(25)14-28-20-12-9-15-5-3-4-6-18(15)19(20)13-24/h3-13H,2,14H2,1H3,(H,23,25). The number of ether oxygens (including phenoxy) is 2. The van der Waals surface area contributed by atoms with Crippen molar-refractivity contribution in [1.82, 2.24) is 0 Å². The Hall–Kier alpha value is -3.67. The predicted octanol–water partition coefficient (Wildman–Crippen LogP) is 3.85. The van der Waals surface area contributed by atoms with Crippen molar-refractivity contribution < 1.29 is 23.9 Å². The number of hydrogen-bond acceptors (Lipinski definition) is 5. The maximum atomic E-state index is 12.2. The van der Waals surface area contributed by atoms with E-state index in [-0.39, 0.29) is 12.5 Å². The molecule has 1 amide bonds. The van der Waals surface area contributed by atoms with E-state index in [0.717, 1.165) is 17.1 Å². The predicted molar refractivity (Wildman–Crippen MR) is 106 cm³/mol. The van der Waals surface area contributed by atoms with Gasteiger partial charge in [0.1, 0.15) is 5.75 Å². The summed E-state index contributed by atoms with van der Waals surface area (Å²) in [5.41, 5.74) is 1.34. The Kier molecular flexibility index (Phi) is 6.01. The Balaban J connectivity index is 1.64. The molecule has 1 N–H and O–H groups in total. The molecule has 0 atom stereocenters. The summed E-state index contributed by atoms with van der Waals surface area (Å²) in [6.45, 7) is 1.78. The average Bonchev–Trinajstić information content (AvgIpc) is 2.72. The van der Waals surface area contributed by atoms with E-state index in [1.54, 1.807) is 37.3 Å². The van der Waals surface area contributed by atoms with Crippen LogP contribution >= 0.6 is 0 Å². The molecule has 142 valence electrons. The Morgan fingerprint density at radius 3 is 2.46 bits per heavy atom. The molecule has 0 heterocycles. The average molecular weight is 377 g/mol. The smallest absolute Gasteiger partial charge is 0.338 e. The van der Waals surface area contributed by atoms with Crippen LogP contribution < -0.4 is 10.1 Å². The zero-order valence-corrected chi connectivity index (χ0v) is 15.3. The molecule has 0 aliphatic heterocycles. The minimum atomic E-state index is -0.415. The number of benzene rings is 3. The normalized spacial score (nSPS) is 10.3. The van der Waals surface area contributed by atoms with E-state index < -0.39 is 5.97 Å². The van der Waals surface area contributed by atoms with E-state index in [4.69, 9.17) is 9.47 Å². The summed E-state index contributed by atoms with van der Waals surface area (Å²) < 4.78 is 10.5. The molecule has 3 aromatic carbocycles. The van der Waals surface area contributed by atoms with Crippen LogP contribution in [0.5, 0.6) is 5.75 Å². The van der Waals surface area contributed by atoms with Crippen LogP contribution in [0.25, 0.3) is 10.8 Å². The first kappa shape index (κ1) is 19.1. The molecule has 0 saturated heterocycles. The molecule has 0 aliphatic carbocycles. The second kappa shape index (κ2) is 8.81. The van der Waals surface area contributed by atoms with Crippen LogP contribution in [0.1, 0.15) is 27.6 Å². The van der Waals surface area contributed by atoms with Gasteiger partial charge in [0.25, 0.3) is 5.91 Å². The van der Waals surface area contributed by atoms with Crippen LogP contribution in [0.3, 0.4) is 0 Å². The van der Waals surface area contributed by atoms with Crippen molar-refractivity contribution in [2.45, 2.75) is 6.92 Å². The van der Waals surface area contributed by atoms with Crippen LogP contribution in [0.2, 0.25) is 0 Å². The quantitative estimate of drug-likeness (QED) is 0.500. The van der Waals surface area contributed by atoms with Gasteiger partial charge in [0.15, 0.2) is 12.9 Å². The van der Waals surface area contributed by atoms with Gasteiger partial charge in [0, 0.05) is 5.69 Å². The number of nitrogens with one attached hydrogen (secondary N) is 1. The maximum Gasteiger partial charge on any atom is 0.338 e. The van der Waals surface area contributed by atoms with Crippen molar-refractivity contribution in [3.8, 4) is 5.75 Å². The number of fused-ring (bicyclic) bond motifs is 1. The van der Waals surface area contributed by atoms with Crippen LogP contribution in [0.4, 0.5) is 5.69 Å². The summed E-state index contributed by atoms with van der Waals surface area (Å²) in [7, 11) is 0. The van der Waals surface area contributed by atoms with Gasteiger partial charge in [-0.2, -0.15) is 0 Å². The van der Waals surface area contributed by atoms with Gasteiger partial charge in [0.2, 0.25) is 0 Å². The van der Waals surface area contributed by atoms with Gasteiger partial charge in [-0.25, -0.2) is 4.79 Å². The Bertz CT molecular complexity index is 1010. The topological polar surface area (TPSA) is 81.7 Å². The number of hydrogen-bond donors (Lipinski definition) is 1. The molecule has 6 nitrogen and oxygen atoms in total. The number of carbonyl (C=O) groups is 3. The molecule has 3 rings (SSSR count). The van der Waals surface area contributed by atoms with Crippen LogP contribution in [0, 0.1) is 0 Å². The fraction of sp³-hybridized carbons (Fsp3) is 0.136. The highest BCUT2D eigenvalue weighted by atomic mass is 16.5. The number of anilines is 1. The number of rotatable bonds is 7. The molecule has 0 saturated carbocycles. The second-order valence-corrected chi connectivity index (χ2v) is 5.95. The van der Waals surface area contributed by atoms with Crippen LogP contribution in [-0.4, -0.2) is 31.4 Å². The van der Waals surface area contributed by atoms with Gasteiger partial charge in [-0.1, -0.05) is 30.3 Å². The molecule has 6 heteroatoms. The number of esters is 1. The monoisotopic (exact) mass is 377 g/mol. The Morgan fingerprint density at radius 1 is 1.00 bits per heavy atom. The minimum Gasteiger partial charge on any atom is -0.483 e. The molecule has 0 unspecified atom stereocenters. The van der Waals surface area contributed by atoms with Crippen molar-refractivity contribution in [3.63, 3.8) is 0 Å². The fourth-order valence-corrected chi connectivity index (χ4v) is 2.77. The number of amides is 1. The van der Waals surface area contributed by atoms with E-state index >= 15 is 0 Å². The maximum absolute atomic E-state index is 12.2. The third-order valence-electron chi connectivity index (χ3n) is 4.09. The van der Waals surface area contributed by atoms with Gasteiger partial charge >= 0.3 is 5.97 Å². The summed E-state index contributed by atoms with van der Waals surface area (Å²) >= 11 is 0. The molecule has 0 fully saturated rings. The first-order chi connectivity index (χ1) is 13.6. The molecule has 3 aromatic rings. The highest BCUT2D eigenvalue weighted by Gasteiger charge is 2.11. The molecule has 0 aromatic heterocycles. The van der Waals surface area contributed by atoms with E-state index in [1.807, 2.05) is 30.3 Å². The highest BCUT2D eigenvalue weighted by Crippen LogP contribution is 2.26. The largest absolute Gasteiger partial charge is 0.483 e. The summed E-state index contributed by atoms with van der Waals surface area (Å²) in [6.07, 6.45) is 0.726. The zero-order chi connectivity index (χ0) is 19.9. The number of carbonyl (C=O) groups excluding carboxylic acids is 3. The van der Waals surface area contributed by atoms with Crippen LogP contribution in [-0.2, 0) is 9.53 Å². The van der Waals surface area contributed by atoms with E-state index in [0.29, 0.717) is 29.2 Å². The molecule has 0 bridgehead atoms. The molecule has 0 aliphatic rings. The van der Waals surface area contributed by atoms with Crippen molar-refractivity contribution in [2.75, 3.05) is 18.5 Å². The van der Waals surface area contributed by atoms with E-state index in [9.17, 15) is 14.4 Å². The number of aldehydes is 1. The summed E-state index contributed by atoms with van der Waals surface area (Å²) in [4.78, 5) is 35.3.